The smallest absolute Gasteiger partial charge is 0.232 e. The van der Waals surface area contributed by atoms with Crippen molar-refractivity contribution in [2.24, 2.45) is 0 Å². The summed E-state index contributed by atoms with van der Waals surface area (Å²) in [4.78, 5) is 14.1. The summed E-state index contributed by atoms with van der Waals surface area (Å²) in [6.45, 7) is 3.10. The van der Waals surface area contributed by atoms with Gasteiger partial charge in [-0.15, -0.1) is 10.2 Å². The minimum absolute atomic E-state index is 0.0278. The SMILES string of the molecule is CCc1ccccc1-n1cnnc1SCC(=O)N(C)CCOc1ccccc1. The van der Waals surface area contributed by atoms with Crippen LogP contribution in [0.3, 0.4) is 0 Å². The molecule has 0 N–H and O–H groups in total. The normalized spacial score (nSPS) is 10.6. The van der Waals surface area contributed by atoms with Crippen molar-refractivity contribution < 1.29 is 9.53 Å². The second-order valence-electron chi connectivity index (χ2n) is 6.23. The van der Waals surface area contributed by atoms with Crippen molar-refractivity contribution in [2.75, 3.05) is 26.0 Å². The molecule has 3 rings (SSSR count). The fourth-order valence-corrected chi connectivity index (χ4v) is 3.57. The van der Waals surface area contributed by atoms with Crippen molar-refractivity contribution >= 4 is 17.7 Å². The van der Waals surface area contributed by atoms with Crippen molar-refractivity contribution in [1.82, 2.24) is 19.7 Å². The number of aromatic nitrogens is 3. The lowest BCUT2D eigenvalue weighted by Crippen LogP contribution is -2.32. The average molecular weight is 397 g/mol. The number of carbonyl (C=O) groups excluding carboxylic acids is 1. The monoisotopic (exact) mass is 396 g/mol. The van der Waals surface area contributed by atoms with Crippen LogP contribution in [0, 0.1) is 0 Å². The molecule has 1 heterocycles. The molecule has 0 aliphatic rings. The van der Waals surface area contributed by atoms with Crippen molar-refractivity contribution in [1.29, 1.82) is 0 Å². The molecule has 0 radical (unpaired) electrons. The highest BCUT2D eigenvalue weighted by Crippen LogP contribution is 2.22. The predicted octanol–water partition coefficient (Wildman–Crippen LogP) is 3.46. The number of hydrogen-bond acceptors (Lipinski definition) is 5. The van der Waals surface area contributed by atoms with Crippen LogP contribution in [0.4, 0.5) is 0 Å². The van der Waals surface area contributed by atoms with Crippen LogP contribution < -0.4 is 4.74 Å². The number of aryl methyl sites for hydroxylation is 1. The Labute approximate surface area is 169 Å². The fraction of sp³-hybridized carbons (Fsp3) is 0.286. The van der Waals surface area contributed by atoms with Gasteiger partial charge in [0.2, 0.25) is 5.91 Å². The fourth-order valence-electron chi connectivity index (χ4n) is 2.71. The zero-order valence-electron chi connectivity index (χ0n) is 16.1. The van der Waals surface area contributed by atoms with Crippen molar-refractivity contribution in [3.05, 3.63) is 66.5 Å². The van der Waals surface area contributed by atoms with Gasteiger partial charge in [0.15, 0.2) is 5.16 Å². The molecule has 0 aliphatic heterocycles. The first-order valence-corrected chi connectivity index (χ1v) is 10.2. The van der Waals surface area contributed by atoms with Crippen molar-refractivity contribution in [2.45, 2.75) is 18.5 Å². The van der Waals surface area contributed by atoms with E-state index in [-0.39, 0.29) is 5.91 Å². The topological polar surface area (TPSA) is 60.2 Å². The molecule has 0 saturated carbocycles. The van der Waals surface area contributed by atoms with E-state index in [9.17, 15) is 4.79 Å². The molecule has 1 aromatic heterocycles. The minimum Gasteiger partial charge on any atom is -0.492 e. The molecular formula is C21H24N4O2S. The van der Waals surface area contributed by atoms with E-state index in [4.69, 9.17) is 4.74 Å². The summed E-state index contributed by atoms with van der Waals surface area (Å²) in [5.74, 6) is 1.13. The lowest BCUT2D eigenvalue weighted by atomic mass is 10.1. The molecule has 0 aliphatic carbocycles. The summed E-state index contributed by atoms with van der Waals surface area (Å²) < 4.78 is 7.59. The van der Waals surface area contributed by atoms with Crippen molar-refractivity contribution in [3.63, 3.8) is 0 Å². The average Bonchev–Trinajstić information content (AvgIpc) is 3.21. The Kier molecular flexibility index (Phi) is 7.08. The Hall–Kier alpha value is -2.80. The van der Waals surface area contributed by atoms with E-state index >= 15 is 0 Å². The molecule has 146 valence electrons. The number of rotatable bonds is 9. The van der Waals surface area contributed by atoms with E-state index in [0.29, 0.717) is 24.1 Å². The van der Waals surface area contributed by atoms with E-state index in [1.165, 1.54) is 17.3 Å². The molecule has 0 spiro atoms. The van der Waals surface area contributed by atoms with E-state index in [1.54, 1.807) is 18.3 Å². The standard InChI is InChI=1S/C21H24N4O2S/c1-3-17-9-7-8-12-19(17)25-16-22-23-21(25)28-15-20(26)24(2)13-14-27-18-10-5-4-6-11-18/h4-12,16H,3,13-15H2,1-2H3. The number of amides is 1. The van der Waals surface area contributed by atoms with Crippen LogP contribution in [0.2, 0.25) is 0 Å². The number of ether oxygens (including phenoxy) is 1. The molecule has 0 unspecified atom stereocenters. The van der Waals surface area contributed by atoms with Crippen LogP contribution in [0.25, 0.3) is 5.69 Å². The number of carbonyl (C=O) groups is 1. The molecule has 7 heteroatoms. The third-order valence-corrected chi connectivity index (χ3v) is 5.27. The van der Waals surface area contributed by atoms with Gasteiger partial charge in [0, 0.05) is 7.05 Å². The maximum Gasteiger partial charge on any atom is 0.232 e. The summed E-state index contributed by atoms with van der Waals surface area (Å²) in [6.07, 6.45) is 2.61. The maximum absolute atomic E-state index is 12.4. The van der Waals surface area contributed by atoms with Crippen LogP contribution in [0.1, 0.15) is 12.5 Å². The van der Waals surface area contributed by atoms with Gasteiger partial charge in [-0.1, -0.05) is 55.1 Å². The Balaban J connectivity index is 1.53. The van der Waals surface area contributed by atoms with Gasteiger partial charge in [-0.25, -0.2) is 0 Å². The number of benzene rings is 2. The Morgan fingerprint density at radius 2 is 1.89 bits per heavy atom. The number of para-hydroxylation sites is 2. The Morgan fingerprint density at radius 1 is 1.14 bits per heavy atom. The maximum atomic E-state index is 12.4. The van der Waals surface area contributed by atoms with Gasteiger partial charge < -0.3 is 9.64 Å². The molecule has 2 aromatic carbocycles. The molecule has 6 nitrogen and oxygen atoms in total. The van der Waals surface area contributed by atoms with Gasteiger partial charge in [0.25, 0.3) is 0 Å². The van der Waals surface area contributed by atoms with Gasteiger partial charge in [-0.3, -0.25) is 9.36 Å². The predicted molar refractivity (Wildman–Crippen MR) is 111 cm³/mol. The van der Waals surface area contributed by atoms with Gasteiger partial charge in [0.05, 0.1) is 18.0 Å². The lowest BCUT2D eigenvalue weighted by molar-refractivity contribution is -0.127. The molecule has 0 fully saturated rings. The first kappa shape index (κ1) is 19.9. The third kappa shape index (κ3) is 5.13. The molecule has 1 amide bonds. The number of hydrogen-bond donors (Lipinski definition) is 0. The molecule has 0 bridgehead atoms. The third-order valence-electron chi connectivity index (χ3n) is 4.34. The Bertz CT molecular complexity index is 898. The van der Waals surface area contributed by atoms with Crippen LogP contribution in [-0.2, 0) is 11.2 Å². The van der Waals surface area contributed by atoms with Crippen LogP contribution >= 0.6 is 11.8 Å². The molecule has 0 saturated heterocycles. The highest BCUT2D eigenvalue weighted by molar-refractivity contribution is 7.99. The summed E-state index contributed by atoms with van der Waals surface area (Å²) in [6, 6.07) is 17.7. The highest BCUT2D eigenvalue weighted by atomic mass is 32.2. The zero-order chi connectivity index (χ0) is 19.8. The molecule has 3 aromatic rings. The summed E-state index contributed by atoms with van der Waals surface area (Å²) in [7, 11) is 1.79. The van der Waals surface area contributed by atoms with E-state index in [2.05, 4.69) is 23.2 Å². The lowest BCUT2D eigenvalue weighted by Gasteiger charge is -2.17. The number of nitrogens with zero attached hydrogens (tertiary/aromatic N) is 4. The summed E-state index contributed by atoms with van der Waals surface area (Å²) in [5, 5.41) is 8.92. The zero-order valence-corrected chi connectivity index (χ0v) is 16.9. The minimum atomic E-state index is 0.0278. The van der Waals surface area contributed by atoms with Gasteiger partial charge in [-0.2, -0.15) is 0 Å². The second kappa shape index (κ2) is 9.94. The van der Waals surface area contributed by atoms with Crippen LogP contribution in [0.15, 0.2) is 66.1 Å². The summed E-state index contributed by atoms with van der Waals surface area (Å²) in [5.41, 5.74) is 2.26. The highest BCUT2D eigenvalue weighted by Gasteiger charge is 2.14. The van der Waals surface area contributed by atoms with Gasteiger partial charge >= 0.3 is 0 Å². The van der Waals surface area contributed by atoms with Crippen molar-refractivity contribution in [3.8, 4) is 11.4 Å². The Morgan fingerprint density at radius 3 is 2.68 bits per heavy atom. The van der Waals surface area contributed by atoms with Crippen LogP contribution in [0.5, 0.6) is 5.75 Å². The number of thioether (sulfide) groups is 1. The van der Waals surface area contributed by atoms with E-state index in [1.807, 2.05) is 53.1 Å². The molecule has 28 heavy (non-hydrogen) atoms. The molecular weight excluding hydrogens is 372 g/mol. The van der Waals surface area contributed by atoms with E-state index in [0.717, 1.165) is 17.9 Å². The van der Waals surface area contributed by atoms with E-state index < -0.39 is 0 Å². The van der Waals surface area contributed by atoms with Crippen LogP contribution in [-0.4, -0.2) is 51.5 Å². The first-order chi connectivity index (χ1) is 13.7. The first-order valence-electron chi connectivity index (χ1n) is 9.22. The summed E-state index contributed by atoms with van der Waals surface area (Å²) >= 11 is 1.39. The van der Waals surface area contributed by atoms with Gasteiger partial charge in [0.1, 0.15) is 18.7 Å². The second-order valence-corrected chi connectivity index (χ2v) is 7.17. The number of likely N-dealkylation sites (N-methyl/N-ethyl adjacent to an activating group) is 1. The quantitative estimate of drug-likeness (QED) is 0.519. The van der Waals surface area contributed by atoms with Gasteiger partial charge in [-0.05, 0) is 30.2 Å². The largest absolute Gasteiger partial charge is 0.492 e. The molecule has 0 atom stereocenters.